The molecule has 0 fully saturated rings. The van der Waals surface area contributed by atoms with Crippen LogP contribution in [0.2, 0.25) is 0 Å². The van der Waals surface area contributed by atoms with Crippen LogP contribution in [0.3, 0.4) is 0 Å². The maximum atomic E-state index is 4.56. The van der Waals surface area contributed by atoms with Crippen LogP contribution >= 0.6 is 22.6 Å². The second-order valence-electron chi connectivity index (χ2n) is 3.26. The normalized spacial score (nSPS) is 13.4. The predicted molar refractivity (Wildman–Crippen MR) is 60.8 cm³/mol. The summed E-state index contributed by atoms with van der Waals surface area (Å²) >= 11 is 2.39. The molecule has 0 aliphatic heterocycles. The van der Waals surface area contributed by atoms with E-state index < -0.39 is 0 Å². The number of halogens is 1. The molecule has 2 heteroatoms. The third kappa shape index (κ3) is 2.44. The molecule has 0 bridgehead atoms. The Labute approximate surface area is 87.7 Å². The molecule has 1 atom stereocenters. The van der Waals surface area contributed by atoms with Crippen LogP contribution in [-0.4, -0.2) is 4.98 Å². The molecular formula is C10H14IN. The number of rotatable bonds is 2. The first kappa shape index (κ1) is 9.96. The van der Waals surface area contributed by atoms with Crippen LogP contribution < -0.4 is 0 Å². The summed E-state index contributed by atoms with van der Waals surface area (Å²) in [5.74, 6) is 0.528. The summed E-state index contributed by atoms with van der Waals surface area (Å²) in [5.41, 5.74) is 2.37. The van der Waals surface area contributed by atoms with Gasteiger partial charge in [0.1, 0.15) is 0 Å². The molecule has 1 nitrogen and oxygen atoms in total. The minimum atomic E-state index is 0.501. The summed E-state index contributed by atoms with van der Waals surface area (Å²) in [7, 11) is 0. The van der Waals surface area contributed by atoms with Crippen molar-refractivity contribution in [2.75, 3.05) is 0 Å². The van der Waals surface area contributed by atoms with Crippen molar-refractivity contribution in [3.8, 4) is 0 Å². The van der Waals surface area contributed by atoms with Crippen LogP contribution in [0, 0.1) is 0 Å². The van der Waals surface area contributed by atoms with Crippen molar-refractivity contribution in [3.63, 3.8) is 0 Å². The van der Waals surface area contributed by atoms with E-state index in [0.717, 1.165) is 0 Å². The van der Waals surface area contributed by atoms with Crippen LogP contribution in [0.1, 0.15) is 42.0 Å². The smallest absolute Gasteiger partial charge is 0.0532 e. The Balaban J connectivity index is 2.96. The molecule has 0 N–H and O–H groups in total. The van der Waals surface area contributed by atoms with Crippen molar-refractivity contribution in [1.82, 2.24) is 4.98 Å². The van der Waals surface area contributed by atoms with Gasteiger partial charge in [0.2, 0.25) is 0 Å². The predicted octanol–water partition coefficient (Wildman–Crippen LogP) is 3.70. The fourth-order valence-electron chi connectivity index (χ4n) is 1.01. The van der Waals surface area contributed by atoms with Crippen molar-refractivity contribution in [1.29, 1.82) is 0 Å². The molecule has 0 radical (unpaired) electrons. The summed E-state index contributed by atoms with van der Waals surface area (Å²) in [6, 6.07) is 6.27. The van der Waals surface area contributed by atoms with Gasteiger partial charge >= 0.3 is 0 Å². The highest BCUT2D eigenvalue weighted by atomic mass is 127. The molecule has 0 amide bonds. The number of hydrogen-bond acceptors (Lipinski definition) is 1. The first-order chi connectivity index (χ1) is 5.61. The SMILES string of the molecule is CC(C)c1cccc(C(C)I)n1. The lowest BCUT2D eigenvalue weighted by atomic mass is 10.1. The van der Waals surface area contributed by atoms with Gasteiger partial charge in [-0.15, -0.1) is 0 Å². The Morgan fingerprint density at radius 2 is 1.75 bits per heavy atom. The van der Waals surface area contributed by atoms with Crippen LogP contribution in [-0.2, 0) is 0 Å². The van der Waals surface area contributed by atoms with Crippen molar-refractivity contribution >= 4 is 22.6 Å². The van der Waals surface area contributed by atoms with E-state index >= 15 is 0 Å². The first-order valence-corrected chi connectivity index (χ1v) is 5.46. The lowest BCUT2D eigenvalue weighted by molar-refractivity contribution is 0.807. The Morgan fingerprint density at radius 3 is 2.25 bits per heavy atom. The van der Waals surface area contributed by atoms with Crippen molar-refractivity contribution in [3.05, 3.63) is 29.6 Å². The van der Waals surface area contributed by atoms with E-state index in [-0.39, 0.29) is 0 Å². The van der Waals surface area contributed by atoms with E-state index in [0.29, 0.717) is 9.84 Å². The molecule has 0 aliphatic carbocycles. The van der Waals surface area contributed by atoms with E-state index in [1.54, 1.807) is 0 Å². The molecule has 1 heterocycles. The van der Waals surface area contributed by atoms with Crippen LogP contribution in [0.4, 0.5) is 0 Å². The molecule has 0 aromatic carbocycles. The largest absolute Gasteiger partial charge is 0.257 e. The second-order valence-corrected chi connectivity index (χ2v) is 5.13. The van der Waals surface area contributed by atoms with Crippen LogP contribution in [0.25, 0.3) is 0 Å². The highest BCUT2D eigenvalue weighted by Crippen LogP contribution is 2.21. The van der Waals surface area contributed by atoms with Crippen molar-refractivity contribution in [2.45, 2.75) is 30.6 Å². The first-order valence-electron chi connectivity index (χ1n) is 4.22. The van der Waals surface area contributed by atoms with Gasteiger partial charge in [0.15, 0.2) is 0 Å². The maximum Gasteiger partial charge on any atom is 0.0532 e. The molecule has 0 spiro atoms. The van der Waals surface area contributed by atoms with E-state index in [2.05, 4.69) is 66.5 Å². The van der Waals surface area contributed by atoms with Crippen LogP contribution in [0.5, 0.6) is 0 Å². The molecule has 0 saturated heterocycles. The van der Waals surface area contributed by atoms with Gasteiger partial charge in [0.05, 0.1) is 9.62 Å². The van der Waals surface area contributed by atoms with E-state index in [1.165, 1.54) is 11.4 Å². The van der Waals surface area contributed by atoms with Gasteiger partial charge in [0, 0.05) is 5.69 Å². The average Bonchev–Trinajstić information content (AvgIpc) is 2.04. The Morgan fingerprint density at radius 1 is 1.17 bits per heavy atom. The summed E-state index contributed by atoms with van der Waals surface area (Å²) < 4.78 is 0.501. The summed E-state index contributed by atoms with van der Waals surface area (Å²) in [6.45, 7) is 6.50. The highest BCUT2D eigenvalue weighted by molar-refractivity contribution is 14.1. The molecule has 1 rings (SSSR count). The lowest BCUT2D eigenvalue weighted by Gasteiger charge is -2.07. The number of aromatic nitrogens is 1. The topological polar surface area (TPSA) is 12.9 Å². The third-order valence-corrected chi connectivity index (χ3v) is 2.43. The Hall–Kier alpha value is -0.120. The monoisotopic (exact) mass is 275 g/mol. The minimum absolute atomic E-state index is 0.501. The Kier molecular flexibility index (Phi) is 3.50. The quantitative estimate of drug-likeness (QED) is 0.592. The maximum absolute atomic E-state index is 4.56. The van der Waals surface area contributed by atoms with Gasteiger partial charge in [-0.3, -0.25) is 4.98 Å². The van der Waals surface area contributed by atoms with Crippen LogP contribution in [0.15, 0.2) is 18.2 Å². The minimum Gasteiger partial charge on any atom is -0.257 e. The van der Waals surface area contributed by atoms with Gasteiger partial charge in [-0.1, -0.05) is 42.5 Å². The zero-order valence-corrected chi connectivity index (χ0v) is 9.87. The fraction of sp³-hybridized carbons (Fsp3) is 0.500. The van der Waals surface area contributed by atoms with Gasteiger partial charge in [-0.05, 0) is 25.0 Å². The van der Waals surface area contributed by atoms with Gasteiger partial charge < -0.3 is 0 Å². The number of alkyl halides is 1. The standard InChI is InChI=1S/C10H14IN/c1-7(2)9-5-4-6-10(12-9)8(3)11/h4-8H,1-3H3. The van der Waals surface area contributed by atoms with Crippen molar-refractivity contribution < 1.29 is 0 Å². The van der Waals surface area contributed by atoms with E-state index in [1.807, 2.05) is 0 Å². The second kappa shape index (κ2) is 4.21. The zero-order valence-electron chi connectivity index (χ0n) is 7.71. The van der Waals surface area contributed by atoms with E-state index in [4.69, 9.17) is 0 Å². The highest BCUT2D eigenvalue weighted by Gasteiger charge is 2.04. The molecular weight excluding hydrogens is 261 g/mol. The lowest BCUT2D eigenvalue weighted by Crippen LogP contribution is -1.96. The number of nitrogens with zero attached hydrogens (tertiary/aromatic N) is 1. The summed E-state index contributed by atoms with van der Waals surface area (Å²) in [4.78, 5) is 4.56. The summed E-state index contributed by atoms with van der Waals surface area (Å²) in [5, 5.41) is 0. The Bertz CT molecular complexity index is 233. The van der Waals surface area contributed by atoms with Gasteiger partial charge in [-0.25, -0.2) is 0 Å². The molecule has 1 aromatic heterocycles. The zero-order chi connectivity index (χ0) is 9.14. The molecule has 1 aromatic rings. The third-order valence-electron chi connectivity index (χ3n) is 1.79. The average molecular weight is 275 g/mol. The van der Waals surface area contributed by atoms with Gasteiger partial charge in [0.25, 0.3) is 0 Å². The molecule has 12 heavy (non-hydrogen) atoms. The number of pyridine rings is 1. The molecule has 1 unspecified atom stereocenters. The van der Waals surface area contributed by atoms with E-state index in [9.17, 15) is 0 Å². The summed E-state index contributed by atoms with van der Waals surface area (Å²) in [6.07, 6.45) is 0. The van der Waals surface area contributed by atoms with Crippen molar-refractivity contribution in [2.24, 2.45) is 0 Å². The molecule has 0 saturated carbocycles. The molecule has 66 valence electrons. The van der Waals surface area contributed by atoms with Gasteiger partial charge in [-0.2, -0.15) is 0 Å². The fourth-order valence-corrected chi connectivity index (χ4v) is 1.36. The molecule has 0 aliphatic rings. The number of hydrogen-bond donors (Lipinski definition) is 0.